The molecule has 5 nitrogen and oxygen atoms in total. The Kier molecular flexibility index (Phi) is 2.17. The first-order valence-corrected chi connectivity index (χ1v) is 5.53. The Bertz CT molecular complexity index is 681. The molecule has 18 heavy (non-hydrogen) atoms. The zero-order valence-corrected chi connectivity index (χ0v) is 9.79. The van der Waals surface area contributed by atoms with Crippen LogP contribution in [-0.4, -0.2) is 27.4 Å². The number of carbonyl (C=O) groups excluding carboxylic acids is 1. The topological polar surface area (TPSA) is 61.9 Å². The number of hydrogen-bond acceptors (Lipinski definition) is 3. The van der Waals surface area contributed by atoms with Crippen LogP contribution in [0.2, 0.25) is 0 Å². The summed E-state index contributed by atoms with van der Waals surface area (Å²) in [5.74, 6) is -0.0433. The fourth-order valence-corrected chi connectivity index (χ4v) is 2.19. The lowest BCUT2D eigenvalue weighted by atomic mass is 10.1. The van der Waals surface area contributed by atoms with Crippen molar-refractivity contribution in [2.45, 2.75) is 6.54 Å². The van der Waals surface area contributed by atoms with E-state index in [-0.39, 0.29) is 5.91 Å². The predicted molar refractivity (Wildman–Crippen MR) is 64.1 cm³/mol. The van der Waals surface area contributed by atoms with E-state index < -0.39 is 0 Å². The molecule has 0 saturated heterocycles. The average Bonchev–Trinajstić information content (AvgIpc) is 2.76. The second-order valence-corrected chi connectivity index (χ2v) is 4.20. The Morgan fingerprint density at radius 1 is 1.39 bits per heavy atom. The zero-order chi connectivity index (χ0) is 12.7. The lowest BCUT2D eigenvalue weighted by Gasteiger charge is -2.13. The standard InChI is InChI=1S/C13H10N4O/c1-16-7-12-10(6-14)15-8-17(12)11-5-3-2-4-9(11)13(16)18/h2-5,8H,7H2,1H3. The molecule has 1 aromatic carbocycles. The van der Waals surface area contributed by atoms with E-state index in [4.69, 9.17) is 5.26 Å². The van der Waals surface area contributed by atoms with E-state index in [9.17, 15) is 4.79 Å². The largest absolute Gasteiger partial charge is 0.336 e. The van der Waals surface area contributed by atoms with Gasteiger partial charge in [0.15, 0.2) is 5.69 Å². The van der Waals surface area contributed by atoms with Crippen LogP contribution in [0.25, 0.3) is 5.69 Å². The number of imidazole rings is 1. The molecule has 1 aliphatic heterocycles. The van der Waals surface area contributed by atoms with Crippen LogP contribution in [-0.2, 0) is 6.54 Å². The average molecular weight is 238 g/mol. The summed E-state index contributed by atoms with van der Waals surface area (Å²) in [4.78, 5) is 17.9. The SMILES string of the molecule is CN1Cc2c(C#N)ncn2-c2ccccc2C1=O. The minimum absolute atomic E-state index is 0.0433. The number of amides is 1. The quantitative estimate of drug-likeness (QED) is 0.695. The molecule has 0 saturated carbocycles. The summed E-state index contributed by atoms with van der Waals surface area (Å²) in [6.45, 7) is 0.385. The highest BCUT2D eigenvalue weighted by Gasteiger charge is 2.25. The Labute approximate surface area is 104 Å². The molecule has 0 bridgehead atoms. The molecule has 2 aromatic rings. The van der Waals surface area contributed by atoms with Gasteiger partial charge in [0, 0.05) is 7.05 Å². The van der Waals surface area contributed by atoms with E-state index in [1.54, 1.807) is 24.3 Å². The summed E-state index contributed by atoms with van der Waals surface area (Å²) < 4.78 is 1.81. The molecule has 0 spiro atoms. The molecule has 2 heterocycles. The number of para-hydroxylation sites is 1. The van der Waals surface area contributed by atoms with Gasteiger partial charge in [-0.2, -0.15) is 5.26 Å². The maximum atomic E-state index is 12.2. The third kappa shape index (κ3) is 1.32. The van der Waals surface area contributed by atoms with E-state index in [2.05, 4.69) is 11.1 Å². The van der Waals surface area contributed by atoms with E-state index in [0.29, 0.717) is 17.8 Å². The van der Waals surface area contributed by atoms with Gasteiger partial charge in [-0.15, -0.1) is 0 Å². The maximum absolute atomic E-state index is 12.2. The molecular formula is C13H10N4O. The first kappa shape index (κ1) is 10.5. The van der Waals surface area contributed by atoms with Gasteiger partial charge in [0.25, 0.3) is 5.91 Å². The van der Waals surface area contributed by atoms with Gasteiger partial charge in [-0.3, -0.25) is 9.36 Å². The summed E-state index contributed by atoms with van der Waals surface area (Å²) in [5.41, 5.74) is 2.51. The number of aromatic nitrogens is 2. The first-order chi connectivity index (χ1) is 8.72. The van der Waals surface area contributed by atoms with Gasteiger partial charge in [0.1, 0.15) is 12.4 Å². The van der Waals surface area contributed by atoms with E-state index in [0.717, 1.165) is 11.4 Å². The van der Waals surface area contributed by atoms with Crippen molar-refractivity contribution in [3.05, 3.63) is 47.5 Å². The van der Waals surface area contributed by atoms with E-state index in [1.165, 1.54) is 0 Å². The molecule has 0 fully saturated rings. The van der Waals surface area contributed by atoms with Gasteiger partial charge < -0.3 is 4.90 Å². The molecule has 0 unspecified atom stereocenters. The second-order valence-electron chi connectivity index (χ2n) is 4.20. The summed E-state index contributed by atoms with van der Waals surface area (Å²) >= 11 is 0. The van der Waals surface area contributed by atoms with Crippen LogP contribution in [0.5, 0.6) is 0 Å². The number of hydrogen-bond donors (Lipinski definition) is 0. The number of nitrogens with zero attached hydrogens (tertiary/aromatic N) is 4. The molecule has 5 heteroatoms. The van der Waals surface area contributed by atoms with Crippen molar-refractivity contribution in [2.24, 2.45) is 0 Å². The number of nitriles is 1. The Balaban J connectivity index is 2.33. The summed E-state index contributed by atoms with van der Waals surface area (Å²) in [5, 5.41) is 9.05. The van der Waals surface area contributed by atoms with Gasteiger partial charge >= 0.3 is 0 Å². The van der Waals surface area contributed by atoms with Gasteiger partial charge in [0.2, 0.25) is 0 Å². The molecule has 0 radical (unpaired) electrons. The van der Waals surface area contributed by atoms with Gasteiger partial charge in [-0.05, 0) is 12.1 Å². The van der Waals surface area contributed by atoms with Crippen molar-refractivity contribution in [2.75, 3.05) is 7.05 Å². The van der Waals surface area contributed by atoms with Crippen molar-refractivity contribution < 1.29 is 4.79 Å². The van der Waals surface area contributed by atoms with Crippen molar-refractivity contribution in [3.63, 3.8) is 0 Å². The van der Waals surface area contributed by atoms with Crippen LogP contribution in [0.3, 0.4) is 0 Å². The van der Waals surface area contributed by atoms with Crippen LogP contribution < -0.4 is 0 Å². The lowest BCUT2D eigenvalue weighted by Crippen LogP contribution is -2.25. The van der Waals surface area contributed by atoms with Crippen molar-refractivity contribution >= 4 is 5.91 Å². The molecule has 1 aromatic heterocycles. The smallest absolute Gasteiger partial charge is 0.256 e. The first-order valence-electron chi connectivity index (χ1n) is 5.53. The highest BCUT2D eigenvalue weighted by atomic mass is 16.2. The summed E-state index contributed by atoms with van der Waals surface area (Å²) in [7, 11) is 1.73. The van der Waals surface area contributed by atoms with Crippen LogP contribution in [0, 0.1) is 11.3 Å². The Morgan fingerprint density at radius 2 is 2.17 bits per heavy atom. The van der Waals surface area contributed by atoms with Gasteiger partial charge in [-0.1, -0.05) is 12.1 Å². The van der Waals surface area contributed by atoms with Crippen LogP contribution in [0.15, 0.2) is 30.6 Å². The third-order valence-electron chi connectivity index (χ3n) is 3.10. The molecule has 88 valence electrons. The number of rotatable bonds is 0. The lowest BCUT2D eigenvalue weighted by molar-refractivity contribution is 0.0788. The second kappa shape index (κ2) is 3.70. The third-order valence-corrected chi connectivity index (χ3v) is 3.10. The fraction of sp³-hybridized carbons (Fsp3) is 0.154. The summed E-state index contributed by atoms with van der Waals surface area (Å²) in [6, 6.07) is 9.41. The molecular weight excluding hydrogens is 228 g/mol. The molecule has 0 N–H and O–H groups in total. The zero-order valence-electron chi connectivity index (χ0n) is 9.79. The minimum Gasteiger partial charge on any atom is -0.336 e. The molecule has 1 aliphatic rings. The van der Waals surface area contributed by atoms with E-state index >= 15 is 0 Å². The number of carbonyl (C=O) groups is 1. The number of benzene rings is 1. The van der Waals surface area contributed by atoms with Gasteiger partial charge in [-0.25, -0.2) is 4.98 Å². The normalized spacial score (nSPS) is 13.6. The fourth-order valence-electron chi connectivity index (χ4n) is 2.19. The van der Waals surface area contributed by atoms with Crippen LogP contribution >= 0.6 is 0 Å². The number of fused-ring (bicyclic) bond motifs is 3. The summed E-state index contributed by atoms with van der Waals surface area (Å²) in [6.07, 6.45) is 1.60. The molecule has 0 aliphatic carbocycles. The molecule has 3 rings (SSSR count). The Hall–Kier alpha value is -2.61. The maximum Gasteiger partial charge on any atom is 0.256 e. The van der Waals surface area contributed by atoms with E-state index in [1.807, 2.05) is 22.8 Å². The Morgan fingerprint density at radius 3 is 2.94 bits per heavy atom. The van der Waals surface area contributed by atoms with Crippen molar-refractivity contribution in [1.82, 2.24) is 14.5 Å². The minimum atomic E-state index is -0.0433. The molecule has 1 amide bonds. The van der Waals surface area contributed by atoms with Crippen LogP contribution in [0.1, 0.15) is 21.7 Å². The van der Waals surface area contributed by atoms with Crippen LogP contribution in [0.4, 0.5) is 0 Å². The predicted octanol–water partition coefficient (Wildman–Crippen LogP) is 1.33. The van der Waals surface area contributed by atoms with Crippen molar-refractivity contribution in [1.29, 1.82) is 5.26 Å². The molecule has 0 atom stereocenters. The van der Waals surface area contributed by atoms with Crippen molar-refractivity contribution in [3.8, 4) is 11.8 Å². The highest BCUT2D eigenvalue weighted by Crippen LogP contribution is 2.24. The monoisotopic (exact) mass is 238 g/mol. The van der Waals surface area contributed by atoms with Gasteiger partial charge in [0.05, 0.1) is 23.5 Å². The highest BCUT2D eigenvalue weighted by molar-refractivity contribution is 5.98.